The Morgan fingerprint density at radius 2 is 1.88 bits per heavy atom. The fourth-order valence-corrected chi connectivity index (χ4v) is 2.89. The molecule has 0 aliphatic heterocycles. The van der Waals surface area contributed by atoms with Gasteiger partial charge in [-0.3, -0.25) is 9.48 Å². The molecule has 6 nitrogen and oxygen atoms in total. The zero-order valence-corrected chi connectivity index (χ0v) is 14.7. The zero-order chi connectivity index (χ0) is 18.3. The third-order valence-electron chi connectivity index (χ3n) is 4.42. The Labute approximate surface area is 145 Å². The van der Waals surface area contributed by atoms with Gasteiger partial charge in [0.1, 0.15) is 11.5 Å². The Hall–Kier alpha value is -3.02. The SMILES string of the molecule is CC(C)c1cc(C(=O)N(C)c2ccc3c(cnn3C)c2)c(O)cc1O. The van der Waals surface area contributed by atoms with E-state index in [0.717, 1.165) is 10.9 Å². The van der Waals surface area contributed by atoms with Gasteiger partial charge < -0.3 is 15.1 Å². The van der Waals surface area contributed by atoms with Gasteiger partial charge in [0.25, 0.3) is 5.91 Å². The molecule has 0 spiro atoms. The van der Waals surface area contributed by atoms with E-state index in [2.05, 4.69) is 5.10 Å². The van der Waals surface area contributed by atoms with Crippen molar-refractivity contribution in [3.63, 3.8) is 0 Å². The number of aromatic nitrogens is 2. The maximum Gasteiger partial charge on any atom is 0.261 e. The number of hydrogen-bond acceptors (Lipinski definition) is 4. The maximum absolute atomic E-state index is 12.9. The molecular formula is C19H21N3O3. The third-order valence-corrected chi connectivity index (χ3v) is 4.42. The van der Waals surface area contributed by atoms with Crippen molar-refractivity contribution >= 4 is 22.5 Å². The smallest absolute Gasteiger partial charge is 0.261 e. The van der Waals surface area contributed by atoms with Crippen molar-refractivity contribution in [3.05, 3.63) is 47.7 Å². The van der Waals surface area contributed by atoms with Crippen LogP contribution in [0.15, 0.2) is 36.5 Å². The van der Waals surface area contributed by atoms with E-state index in [9.17, 15) is 15.0 Å². The summed E-state index contributed by atoms with van der Waals surface area (Å²) in [6, 6.07) is 8.39. The Morgan fingerprint density at radius 1 is 1.16 bits per heavy atom. The first-order valence-electron chi connectivity index (χ1n) is 8.05. The fraction of sp³-hybridized carbons (Fsp3) is 0.263. The number of fused-ring (bicyclic) bond motifs is 1. The molecule has 130 valence electrons. The number of carbonyl (C=O) groups excluding carboxylic acids is 1. The Kier molecular flexibility index (Phi) is 4.12. The first kappa shape index (κ1) is 16.8. The van der Waals surface area contributed by atoms with Gasteiger partial charge in [0, 0.05) is 31.2 Å². The summed E-state index contributed by atoms with van der Waals surface area (Å²) in [5.41, 5.74) is 2.45. The average molecular weight is 339 g/mol. The van der Waals surface area contributed by atoms with E-state index in [1.54, 1.807) is 24.0 Å². The van der Waals surface area contributed by atoms with Crippen LogP contribution in [0, 0.1) is 0 Å². The van der Waals surface area contributed by atoms with Gasteiger partial charge in [-0.15, -0.1) is 0 Å². The molecule has 0 bridgehead atoms. The Morgan fingerprint density at radius 3 is 2.56 bits per heavy atom. The lowest BCUT2D eigenvalue weighted by atomic mass is 9.98. The monoisotopic (exact) mass is 339 g/mol. The molecule has 0 aliphatic carbocycles. The van der Waals surface area contributed by atoms with E-state index in [1.165, 1.54) is 11.0 Å². The summed E-state index contributed by atoms with van der Waals surface area (Å²) in [5, 5.41) is 25.2. The van der Waals surface area contributed by atoms with Gasteiger partial charge in [-0.25, -0.2) is 0 Å². The average Bonchev–Trinajstić information content (AvgIpc) is 2.94. The van der Waals surface area contributed by atoms with Crippen LogP contribution in [-0.4, -0.2) is 32.9 Å². The van der Waals surface area contributed by atoms with Crippen LogP contribution in [0.25, 0.3) is 10.9 Å². The van der Waals surface area contributed by atoms with Crippen LogP contribution in [0.3, 0.4) is 0 Å². The van der Waals surface area contributed by atoms with E-state index in [1.807, 2.05) is 39.1 Å². The zero-order valence-electron chi connectivity index (χ0n) is 14.7. The van der Waals surface area contributed by atoms with Crippen LogP contribution in [-0.2, 0) is 7.05 Å². The molecule has 1 amide bonds. The molecule has 3 aromatic rings. The second kappa shape index (κ2) is 6.12. The number of anilines is 1. The fourth-order valence-electron chi connectivity index (χ4n) is 2.89. The third kappa shape index (κ3) is 2.91. The quantitative estimate of drug-likeness (QED) is 0.767. The molecule has 1 aromatic heterocycles. The number of rotatable bonds is 3. The van der Waals surface area contributed by atoms with Crippen molar-refractivity contribution in [2.24, 2.45) is 7.05 Å². The largest absolute Gasteiger partial charge is 0.508 e. The molecule has 0 atom stereocenters. The standard InChI is InChI=1S/C19H21N3O3/c1-11(2)14-8-15(18(24)9-17(14)23)19(25)21(3)13-5-6-16-12(7-13)10-20-22(16)4/h5-11,23-24H,1-4H3. The molecule has 0 radical (unpaired) electrons. The van der Waals surface area contributed by atoms with E-state index in [-0.39, 0.29) is 28.9 Å². The highest BCUT2D eigenvalue weighted by Crippen LogP contribution is 2.33. The number of carbonyl (C=O) groups is 1. The van der Waals surface area contributed by atoms with Gasteiger partial charge in [-0.05, 0) is 35.7 Å². The molecule has 1 heterocycles. The van der Waals surface area contributed by atoms with E-state index in [4.69, 9.17) is 0 Å². The first-order chi connectivity index (χ1) is 11.8. The highest BCUT2D eigenvalue weighted by molar-refractivity contribution is 6.08. The number of aromatic hydroxyl groups is 2. The number of phenols is 2. The molecule has 0 fully saturated rings. The van der Waals surface area contributed by atoms with Crippen molar-refractivity contribution < 1.29 is 15.0 Å². The van der Waals surface area contributed by atoms with E-state index in [0.29, 0.717) is 11.3 Å². The highest BCUT2D eigenvalue weighted by atomic mass is 16.3. The van der Waals surface area contributed by atoms with Crippen molar-refractivity contribution in [1.82, 2.24) is 9.78 Å². The van der Waals surface area contributed by atoms with Crippen LogP contribution in [0.1, 0.15) is 35.7 Å². The number of hydrogen-bond donors (Lipinski definition) is 2. The van der Waals surface area contributed by atoms with Crippen molar-refractivity contribution in [2.45, 2.75) is 19.8 Å². The number of aryl methyl sites for hydroxylation is 1. The highest BCUT2D eigenvalue weighted by Gasteiger charge is 2.21. The Balaban J connectivity index is 2.00. The van der Waals surface area contributed by atoms with Gasteiger partial charge in [0.2, 0.25) is 0 Å². The van der Waals surface area contributed by atoms with Crippen LogP contribution in [0.2, 0.25) is 0 Å². The van der Waals surface area contributed by atoms with Gasteiger partial charge in [-0.1, -0.05) is 13.8 Å². The van der Waals surface area contributed by atoms with Crippen molar-refractivity contribution in [3.8, 4) is 11.5 Å². The lowest BCUT2D eigenvalue weighted by Crippen LogP contribution is -2.26. The second-order valence-corrected chi connectivity index (χ2v) is 6.46. The number of nitrogens with zero attached hydrogens (tertiary/aromatic N) is 3. The van der Waals surface area contributed by atoms with E-state index < -0.39 is 0 Å². The summed E-state index contributed by atoms with van der Waals surface area (Å²) in [5.74, 6) is -0.559. The van der Waals surface area contributed by atoms with Gasteiger partial charge in [0.15, 0.2) is 0 Å². The van der Waals surface area contributed by atoms with Crippen LogP contribution < -0.4 is 4.90 Å². The first-order valence-corrected chi connectivity index (χ1v) is 8.05. The van der Waals surface area contributed by atoms with Gasteiger partial charge in [-0.2, -0.15) is 5.10 Å². The van der Waals surface area contributed by atoms with Crippen LogP contribution in [0.4, 0.5) is 5.69 Å². The lowest BCUT2D eigenvalue weighted by molar-refractivity contribution is 0.0990. The summed E-state index contributed by atoms with van der Waals surface area (Å²) in [7, 11) is 3.51. The molecule has 2 N–H and O–H groups in total. The van der Waals surface area contributed by atoms with Crippen LogP contribution >= 0.6 is 0 Å². The number of phenolic OH excluding ortho intramolecular Hbond substituents is 2. The number of benzene rings is 2. The number of amides is 1. The summed E-state index contributed by atoms with van der Waals surface area (Å²) < 4.78 is 1.77. The minimum absolute atomic E-state index is 0.0107. The molecule has 0 unspecified atom stereocenters. The molecule has 0 saturated heterocycles. The molecule has 6 heteroatoms. The normalized spacial score (nSPS) is 11.2. The topological polar surface area (TPSA) is 78.6 Å². The summed E-state index contributed by atoms with van der Waals surface area (Å²) in [6.45, 7) is 3.83. The summed E-state index contributed by atoms with van der Waals surface area (Å²) in [6.07, 6.45) is 1.74. The maximum atomic E-state index is 12.9. The molecular weight excluding hydrogens is 318 g/mol. The van der Waals surface area contributed by atoms with Crippen molar-refractivity contribution in [1.29, 1.82) is 0 Å². The van der Waals surface area contributed by atoms with Gasteiger partial charge in [0.05, 0.1) is 17.3 Å². The Bertz CT molecular complexity index is 960. The molecule has 25 heavy (non-hydrogen) atoms. The van der Waals surface area contributed by atoms with E-state index >= 15 is 0 Å². The molecule has 0 aliphatic rings. The second-order valence-electron chi connectivity index (χ2n) is 6.46. The summed E-state index contributed by atoms with van der Waals surface area (Å²) in [4.78, 5) is 14.3. The van der Waals surface area contributed by atoms with Crippen molar-refractivity contribution in [2.75, 3.05) is 11.9 Å². The predicted octanol–water partition coefficient (Wildman–Crippen LogP) is 3.38. The van der Waals surface area contributed by atoms with Crippen LogP contribution in [0.5, 0.6) is 11.5 Å². The summed E-state index contributed by atoms with van der Waals surface area (Å²) >= 11 is 0. The van der Waals surface area contributed by atoms with Gasteiger partial charge >= 0.3 is 0 Å². The molecule has 0 saturated carbocycles. The minimum atomic E-state index is -0.345. The molecule has 3 rings (SSSR count). The predicted molar refractivity (Wildman–Crippen MR) is 97.3 cm³/mol. The molecule has 2 aromatic carbocycles. The minimum Gasteiger partial charge on any atom is -0.508 e. The lowest BCUT2D eigenvalue weighted by Gasteiger charge is -2.19.